The predicted molar refractivity (Wildman–Crippen MR) is 93.7 cm³/mol. The Morgan fingerprint density at radius 2 is 1.70 bits per heavy atom. The van der Waals surface area contributed by atoms with Gasteiger partial charge in [-0.1, -0.05) is 12.1 Å². The van der Waals surface area contributed by atoms with E-state index in [1.807, 2.05) is 12.1 Å². The average Bonchev–Trinajstić information content (AvgIpc) is 3.42. The number of alkyl halides is 3. The van der Waals surface area contributed by atoms with Crippen LogP contribution in [0.5, 0.6) is 0 Å². The monoisotopic (exact) mass is 370 g/mol. The van der Waals surface area contributed by atoms with Crippen LogP contribution in [0.25, 0.3) is 11.0 Å². The number of nitrogens with one attached hydrogen (secondary N) is 1. The molecule has 7 heteroatoms. The molecule has 0 saturated heterocycles. The van der Waals surface area contributed by atoms with Gasteiger partial charge in [-0.25, -0.2) is 4.79 Å². The van der Waals surface area contributed by atoms with Crippen LogP contribution in [0.15, 0.2) is 57.7 Å². The number of anilines is 2. The molecule has 136 valence electrons. The Hall–Kier alpha value is -3.27. The van der Waals surface area contributed by atoms with E-state index in [9.17, 15) is 23.2 Å². The van der Waals surface area contributed by atoms with Crippen molar-refractivity contribution in [1.29, 1.82) is 5.26 Å². The third-order valence-electron chi connectivity index (χ3n) is 4.74. The fourth-order valence-corrected chi connectivity index (χ4v) is 3.10. The molecule has 1 saturated carbocycles. The van der Waals surface area contributed by atoms with Crippen LogP contribution in [0.2, 0.25) is 0 Å². The van der Waals surface area contributed by atoms with Crippen LogP contribution in [-0.2, 0) is 11.6 Å². The van der Waals surface area contributed by atoms with Crippen LogP contribution >= 0.6 is 0 Å². The van der Waals surface area contributed by atoms with Crippen molar-refractivity contribution >= 4 is 22.3 Å². The molecule has 27 heavy (non-hydrogen) atoms. The number of hydrogen-bond acceptors (Lipinski definition) is 4. The SMILES string of the molecule is N#CC1(c2ccc(Nc3ccc4c(C(F)(F)F)cc(=O)oc4c3)cc2)CC1. The zero-order chi connectivity index (χ0) is 19.2. The number of nitrogens with zero attached hydrogens (tertiary/aromatic N) is 1. The van der Waals surface area contributed by atoms with Crippen LogP contribution < -0.4 is 10.9 Å². The van der Waals surface area contributed by atoms with Crippen molar-refractivity contribution in [3.8, 4) is 6.07 Å². The van der Waals surface area contributed by atoms with E-state index < -0.39 is 17.4 Å². The number of rotatable bonds is 3. The maximum atomic E-state index is 13.1. The van der Waals surface area contributed by atoms with Crippen molar-refractivity contribution < 1.29 is 17.6 Å². The topological polar surface area (TPSA) is 66.0 Å². The Morgan fingerprint density at radius 3 is 2.30 bits per heavy atom. The molecule has 4 rings (SSSR count). The first-order valence-electron chi connectivity index (χ1n) is 8.25. The Labute approximate surface area is 151 Å². The normalized spacial score (nSPS) is 15.3. The van der Waals surface area contributed by atoms with Gasteiger partial charge in [-0.2, -0.15) is 18.4 Å². The molecule has 0 spiro atoms. The maximum Gasteiger partial charge on any atom is 0.417 e. The molecule has 4 nitrogen and oxygen atoms in total. The predicted octanol–water partition coefficient (Wildman–Crippen LogP) is 5.11. The summed E-state index contributed by atoms with van der Waals surface area (Å²) in [6.45, 7) is 0. The molecule has 0 amide bonds. The van der Waals surface area contributed by atoms with E-state index in [0.29, 0.717) is 17.4 Å². The molecule has 3 aromatic rings. The summed E-state index contributed by atoms with van der Waals surface area (Å²) < 4.78 is 44.2. The van der Waals surface area contributed by atoms with Crippen LogP contribution in [0.3, 0.4) is 0 Å². The standard InChI is InChI=1S/C20H13F3N2O2/c21-20(22,23)16-10-18(26)27-17-9-14(5-6-15(16)17)25-13-3-1-12(2-4-13)19(11-24)7-8-19/h1-6,9-10,25H,7-8H2. The van der Waals surface area contributed by atoms with Gasteiger partial charge < -0.3 is 9.73 Å². The third-order valence-corrected chi connectivity index (χ3v) is 4.74. The lowest BCUT2D eigenvalue weighted by atomic mass is 9.97. The van der Waals surface area contributed by atoms with E-state index in [0.717, 1.165) is 18.4 Å². The summed E-state index contributed by atoms with van der Waals surface area (Å²) in [6, 6.07) is 14.2. The largest absolute Gasteiger partial charge is 0.423 e. The molecule has 0 atom stereocenters. The van der Waals surface area contributed by atoms with Crippen LogP contribution in [0.1, 0.15) is 24.0 Å². The van der Waals surface area contributed by atoms with Crippen LogP contribution in [0.4, 0.5) is 24.5 Å². The number of nitriles is 1. The number of hydrogen-bond donors (Lipinski definition) is 1. The van der Waals surface area contributed by atoms with Gasteiger partial charge in [-0.05, 0) is 42.7 Å². The van der Waals surface area contributed by atoms with Crippen molar-refractivity contribution in [2.24, 2.45) is 0 Å². The molecule has 1 heterocycles. The fourth-order valence-electron chi connectivity index (χ4n) is 3.10. The Morgan fingerprint density at radius 1 is 1.04 bits per heavy atom. The summed E-state index contributed by atoms with van der Waals surface area (Å²) in [7, 11) is 0. The van der Waals surface area contributed by atoms with Gasteiger partial charge >= 0.3 is 11.8 Å². The van der Waals surface area contributed by atoms with Gasteiger partial charge in [0.15, 0.2) is 0 Å². The second-order valence-electron chi connectivity index (χ2n) is 6.58. The molecular weight excluding hydrogens is 357 g/mol. The third kappa shape index (κ3) is 3.14. The van der Waals surface area contributed by atoms with Crippen LogP contribution in [-0.4, -0.2) is 0 Å². The number of fused-ring (bicyclic) bond motifs is 1. The minimum atomic E-state index is -4.64. The van der Waals surface area contributed by atoms with Crippen molar-refractivity contribution in [2.45, 2.75) is 24.4 Å². The van der Waals surface area contributed by atoms with Crippen molar-refractivity contribution in [3.63, 3.8) is 0 Å². The minimum absolute atomic E-state index is 0.141. The molecule has 1 aliphatic carbocycles. The summed E-state index contributed by atoms with van der Waals surface area (Å²) in [5.41, 5.74) is -0.440. The van der Waals surface area contributed by atoms with Gasteiger partial charge in [0.25, 0.3) is 0 Å². The summed E-state index contributed by atoms with van der Waals surface area (Å²) in [6.07, 6.45) is -2.94. The van der Waals surface area contributed by atoms with Crippen molar-refractivity contribution in [3.05, 3.63) is 70.1 Å². The van der Waals surface area contributed by atoms with Gasteiger partial charge in [0.1, 0.15) is 5.58 Å². The van der Waals surface area contributed by atoms with Crippen molar-refractivity contribution in [1.82, 2.24) is 0 Å². The van der Waals surface area contributed by atoms with E-state index >= 15 is 0 Å². The highest BCUT2D eigenvalue weighted by Gasteiger charge is 2.44. The first-order chi connectivity index (χ1) is 12.8. The van der Waals surface area contributed by atoms with Crippen LogP contribution in [0, 0.1) is 11.3 Å². The Bertz CT molecular complexity index is 1120. The molecule has 2 aromatic carbocycles. The lowest BCUT2D eigenvalue weighted by Gasteiger charge is -2.12. The summed E-state index contributed by atoms with van der Waals surface area (Å²) in [5.74, 6) is 0. The highest BCUT2D eigenvalue weighted by Crippen LogP contribution is 2.47. The van der Waals surface area contributed by atoms with Gasteiger partial charge in [-0.3, -0.25) is 0 Å². The fraction of sp³-hybridized carbons (Fsp3) is 0.200. The lowest BCUT2D eigenvalue weighted by Crippen LogP contribution is -2.11. The first-order valence-corrected chi connectivity index (χ1v) is 8.25. The van der Waals surface area contributed by atoms with E-state index in [-0.39, 0.29) is 16.4 Å². The molecule has 0 bridgehead atoms. The van der Waals surface area contributed by atoms with E-state index in [1.54, 1.807) is 12.1 Å². The summed E-state index contributed by atoms with van der Waals surface area (Å²) in [4.78, 5) is 11.5. The van der Waals surface area contributed by atoms with Gasteiger partial charge in [0, 0.05) is 28.9 Å². The zero-order valence-corrected chi connectivity index (χ0v) is 13.9. The maximum absolute atomic E-state index is 13.1. The second-order valence-corrected chi connectivity index (χ2v) is 6.58. The van der Waals surface area contributed by atoms with E-state index in [1.165, 1.54) is 18.2 Å². The van der Waals surface area contributed by atoms with Gasteiger partial charge in [-0.15, -0.1) is 0 Å². The molecule has 0 radical (unpaired) electrons. The summed E-state index contributed by atoms with van der Waals surface area (Å²) in [5, 5.41) is 12.1. The molecule has 0 unspecified atom stereocenters. The average molecular weight is 370 g/mol. The van der Waals surface area contributed by atoms with E-state index in [4.69, 9.17) is 4.42 Å². The molecule has 0 aliphatic heterocycles. The zero-order valence-electron chi connectivity index (χ0n) is 13.9. The molecule has 1 aliphatic rings. The first kappa shape index (κ1) is 17.2. The Kier molecular flexibility index (Phi) is 3.74. The second kappa shape index (κ2) is 5.88. The lowest BCUT2D eigenvalue weighted by molar-refractivity contribution is -0.136. The van der Waals surface area contributed by atoms with Gasteiger partial charge in [0.05, 0.1) is 17.0 Å². The highest BCUT2D eigenvalue weighted by molar-refractivity contribution is 5.84. The minimum Gasteiger partial charge on any atom is -0.423 e. The van der Waals surface area contributed by atoms with Gasteiger partial charge in [0.2, 0.25) is 0 Å². The smallest absolute Gasteiger partial charge is 0.417 e. The quantitative estimate of drug-likeness (QED) is 0.651. The summed E-state index contributed by atoms with van der Waals surface area (Å²) >= 11 is 0. The highest BCUT2D eigenvalue weighted by atomic mass is 19.4. The van der Waals surface area contributed by atoms with Crippen molar-refractivity contribution in [2.75, 3.05) is 5.32 Å². The number of benzene rings is 2. The molecular formula is C20H13F3N2O2. The molecule has 1 N–H and O–H groups in total. The molecule has 1 fully saturated rings. The van der Waals surface area contributed by atoms with E-state index in [2.05, 4.69) is 11.4 Å². The number of halogens is 3. The molecule has 1 aromatic heterocycles. The Balaban J connectivity index is 1.65.